The van der Waals surface area contributed by atoms with Crippen LogP contribution in [0.5, 0.6) is 5.75 Å². The fourth-order valence-electron chi connectivity index (χ4n) is 3.91. The Morgan fingerprint density at radius 2 is 2.12 bits per heavy atom. The zero-order valence-corrected chi connectivity index (χ0v) is 15.4. The Hall–Kier alpha value is -1.59. The summed E-state index contributed by atoms with van der Waals surface area (Å²) in [5.41, 5.74) is 2.24. The molecular formula is C20H30N2O3. The number of aryl methyl sites for hydroxylation is 2. The molecule has 1 aromatic rings. The molecule has 1 N–H and O–H groups in total. The molecule has 138 valence electrons. The fraction of sp³-hybridized carbons (Fsp3) is 0.650. The predicted octanol–water partition coefficient (Wildman–Crippen LogP) is 2.13. The van der Waals surface area contributed by atoms with Crippen molar-refractivity contribution in [1.29, 1.82) is 0 Å². The minimum Gasteiger partial charge on any atom is -0.491 e. The van der Waals surface area contributed by atoms with E-state index in [0.29, 0.717) is 31.5 Å². The van der Waals surface area contributed by atoms with Crippen LogP contribution in [0, 0.1) is 13.8 Å². The second kappa shape index (κ2) is 8.19. The maximum atomic E-state index is 12.0. The maximum absolute atomic E-state index is 12.0. The molecule has 2 aliphatic rings. The molecule has 1 amide bonds. The Morgan fingerprint density at radius 3 is 2.88 bits per heavy atom. The molecule has 0 bridgehead atoms. The van der Waals surface area contributed by atoms with Crippen molar-refractivity contribution in [3.05, 3.63) is 29.3 Å². The lowest BCUT2D eigenvalue weighted by Crippen LogP contribution is -2.50. The SMILES string of the molecule is Cc1ccc(C)c(OCC(O)CN2CCCC(N3CCCC3=O)C2)c1. The van der Waals surface area contributed by atoms with Crippen molar-refractivity contribution in [2.75, 3.05) is 32.8 Å². The minimum absolute atomic E-state index is 0.297. The Labute approximate surface area is 150 Å². The number of piperidine rings is 1. The summed E-state index contributed by atoms with van der Waals surface area (Å²) in [7, 11) is 0. The Balaban J connectivity index is 1.48. The highest BCUT2D eigenvalue weighted by Crippen LogP contribution is 2.22. The van der Waals surface area contributed by atoms with Crippen LogP contribution in [0.25, 0.3) is 0 Å². The van der Waals surface area contributed by atoms with Crippen LogP contribution in [-0.2, 0) is 4.79 Å². The monoisotopic (exact) mass is 346 g/mol. The molecular weight excluding hydrogens is 316 g/mol. The van der Waals surface area contributed by atoms with Crippen LogP contribution in [0.3, 0.4) is 0 Å². The average Bonchev–Trinajstić information content (AvgIpc) is 3.02. The van der Waals surface area contributed by atoms with E-state index in [4.69, 9.17) is 4.74 Å². The molecule has 2 unspecified atom stereocenters. The van der Waals surface area contributed by atoms with Gasteiger partial charge in [-0.15, -0.1) is 0 Å². The summed E-state index contributed by atoms with van der Waals surface area (Å²) in [6, 6.07) is 6.43. The smallest absolute Gasteiger partial charge is 0.222 e. The van der Waals surface area contributed by atoms with E-state index in [9.17, 15) is 9.90 Å². The molecule has 5 heteroatoms. The van der Waals surface area contributed by atoms with Gasteiger partial charge in [-0.2, -0.15) is 0 Å². The van der Waals surface area contributed by atoms with Crippen LogP contribution in [-0.4, -0.2) is 65.7 Å². The minimum atomic E-state index is -0.520. The van der Waals surface area contributed by atoms with Gasteiger partial charge in [-0.25, -0.2) is 0 Å². The van der Waals surface area contributed by atoms with Gasteiger partial charge in [-0.1, -0.05) is 12.1 Å². The third kappa shape index (κ3) is 4.73. The summed E-state index contributed by atoms with van der Waals surface area (Å²) in [6.07, 6.45) is 3.33. The van der Waals surface area contributed by atoms with Gasteiger partial charge in [0.25, 0.3) is 0 Å². The highest BCUT2D eigenvalue weighted by molar-refractivity contribution is 5.78. The number of amides is 1. The predicted molar refractivity (Wildman–Crippen MR) is 97.8 cm³/mol. The van der Waals surface area contributed by atoms with Crippen molar-refractivity contribution in [1.82, 2.24) is 9.80 Å². The first-order chi connectivity index (χ1) is 12.0. The number of aliphatic hydroxyl groups excluding tert-OH is 1. The van der Waals surface area contributed by atoms with E-state index in [-0.39, 0.29) is 0 Å². The third-order valence-electron chi connectivity index (χ3n) is 5.28. The number of benzene rings is 1. The summed E-state index contributed by atoms with van der Waals surface area (Å²) in [4.78, 5) is 16.3. The molecule has 25 heavy (non-hydrogen) atoms. The van der Waals surface area contributed by atoms with Gasteiger partial charge in [0.15, 0.2) is 0 Å². The zero-order valence-electron chi connectivity index (χ0n) is 15.4. The highest BCUT2D eigenvalue weighted by Gasteiger charge is 2.31. The van der Waals surface area contributed by atoms with E-state index in [0.717, 1.165) is 55.8 Å². The molecule has 5 nitrogen and oxygen atoms in total. The lowest BCUT2D eigenvalue weighted by Gasteiger charge is -2.38. The van der Waals surface area contributed by atoms with E-state index in [2.05, 4.69) is 11.0 Å². The number of β-amino-alcohol motifs (C(OH)–C–C–N with tert-alkyl or cyclic N) is 1. The summed E-state index contributed by atoms with van der Waals surface area (Å²) in [5.74, 6) is 1.14. The van der Waals surface area contributed by atoms with Gasteiger partial charge in [0.2, 0.25) is 5.91 Å². The summed E-state index contributed by atoms with van der Waals surface area (Å²) in [6.45, 7) is 7.71. The van der Waals surface area contributed by atoms with Gasteiger partial charge in [-0.3, -0.25) is 9.69 Å². The molecule has 0 aromatic heterocycles. The van der Waals surface area contributed by atoms with Crippen LogP contribution in [0.1, 0.15) is 36.8 Å². The van der Waals surface area contributed by atoms with Crippen molar-refractivity contribution in [3.63, 3.8) is 0 Å². The molecule has 0 radical (unpaired) electrons. The van der Waals surface area contributed by atoms with Crippen LogP contribution in [0.2, 0.25) is 0 Å². The number of carbonyl (C=O) groups excluding carboxylic acids is 1. The zero-order chi connectivity index (χ0) is 17.8. The number of ether oxygens (including phenoxy) is 1. The fourth-order valence-corrected chi connectivity index (χ4v) is 3.91. The lowest BCUT2D eigenvalue weighted by atomic mass is 10.0. The van der Waals surface area contributed by atoms with Gasteiger partial charge >= 0.3 is 0 Å². The van der Waals surface area contributed by atoms with Crippen molar-refractivity contribution in [2.45, 2.75) is 51.7 Å². The van der Waals surface area contributed by atoms with Gasteiger partial charge in [0.05, 0.1) is 0 Å². The van der Waals surface area contributed by atoms with E-state index < -0.39 is 6.10 Å². The molecule has 1 aromatic carbocycles. The number of hydrogen-bond acceptors (Lipinski definition) is 4. The van der Waals surface area contributed by atoms with E-state index in [1.807, 2.05) is 30.9 Å². The maximum Gasteiger partial charge on any atom is 0.222 e. The van der Waals surface area contributed by atoms with Crippen molar-refractivity contribution in [2.24, 2.45) is 0 Å². The Kier molecular flexibility index (Phi) is 5.97. The first-order valence-electron chi connectivity index (χ1n) is 9.43. The molecule has 3 rings (SSSR count). The van der Waals surface area contributed by atoms with Gasteiger partial charge in [0.1, 0.15) is 18.5 Å². The standard InChI is InChI=1S/C20H30N2O3/c1-15-7-8-16(2)19(11-15)25-14-18(23)13-21-9-3-5-17(12-21)22-10-4-6-20(22)24/h7-8,11,17-18,23H,3-6,9-10,12-14H2,1-2H3. The normalized spacial score (nSPS) is 23.1. The molecule has 2 saturated heterocycles. The van der Waals surface area contributed by atoms with Crippen molar-refractivity contribution in [3.8, 4) is 5.75 Å². The Bertz CT molecular complexity index is 605. The van der Waals surface area contributed by atoms with Crippen molar-refractivity contribution >= 4 is 5.91 Å². The number of aliphatic hydroxyl groups is 1. The summed E-state index contributed by atoms with van der Waals surface area (Å²) < 4.78 is 5.82. The highest BCUT2D eigenvalue weighted by atomic mass is 16.5. The number of hydrogen-bond donors (Lipinski definition) is 1. The van der Waals surface area contributed by atoms with E-state index in [1.165, 1.54) is 0 Å². The first kappa shape index (κ1) is 18.2. The first-order valence-corrected chi connectivity index (χ1v) is 9.43. The summed E-state index contributed by atoms with van der Waals surface area (Å²) >= 11 is 0. The third-order valence-corrected chi connectivity index (χ3v) is 5.28. The summed E-state index contributed by atoms with van der Waals surface area (Å²) in [5, 5.41) is 10.4. The van der Waals surface area contributed by atoms with Gasteiger partial charge in [0, 0.05) is 32.1 Å². The van der Waals surface area contributed by atoms with Gasteiger partial charge in [-0.05, 0) is 56.8 Å². The second-order valence-corrected chi connectivity index (χ2v) is 7.48. The number of nitrogens with zero attached hydrogens (tertiary/aromatic N) is 2. The largest absolute Gasteiger partial charge is 0.491 e. The average molecular weight is 346 g/mol. The molecule has 0 spiro atoms. The number of rotatable bonds is 6. The van der Waals surface area contributed by atoms with Crippen LogP contribution in [0.4, 0.5) is 0 Å². The molecule has 2 fully saturated rings. The van der Waals surface area contributed by atoms with Crippen LogP contribution in [0.15, 0.2) is 18.2 Å². The van der Waals surface area contributed by atoms with Crippen LogP contribution >= 0.6 is 0 Å². The van der Waals surface area contributed by atoms with E-state index >= 15 is 0 Å². The number of likely N-dealkylation sites (tertiary alicyclic amines) is 2. The van der Waals surface area contributed by atoms with Crippen LogP contribution < -0.4 is 4.74 Å². The molecule has 2 atom stereocenters. The van der Waals surface area contributed by atoms with Gasteiger partial charge < -0.3 is 14.7 Å². The van der Waals surface area contributed by atoms with E-state index in [1.54, 1.807) is 0 Å². The topological polar surface area (TPSA) is 53.0 Å². The molecule has 2 aliphatic heterocycles. The lowest BCUT2D eigenvalue weighted by molar-refractivity contribution is -0.130. The quantitative estimate of drug-likeness (QED) is 0.857. The molecule has 2 heterocycles. The second-order valence-electron chi connectivity index (χ2n) is 7.48. The molecule has 0 saturated carbocycles. The number of carbonyl (C=O) groups is 1. The molecule has 0 aliphatic carbocycles. The Morgan fingerprint density at radius 1 is 1.28 bits per heavy atom. The van der Waals surface area contributed by atoms with Crippen molar-refractivity contribution < 1.29 is 14.6 Å².